The molecule has 12 aromatic rings. The van der Waals surface area contributed by atoms with Crippen molar-refractivity contribution in [2.45, 2.75) is 5.41 Å². The van der Waals surface area contributed by atoms with E-state index in [4.69, 9.17) is 4.42 Å². The van der Waals surface area contributed by atoms with E-state index in [9.17, 15) is 0 Å². The first-order valence-corrected chi connectivity index (χ1v) is 22.4. The van der Waals surface area contributed by atoms with Gasteiger partial charge in [-0.25, -0.2) is 0 Å². The fourth-order valence-electron chi connectivity index (χ4n) is 10.9. The summed E-state index contributed by atoms with van der Waals surface area (Å²) >= 11 is 0. The van der Waals surface area contributed by atoms with E-state index in [-0.39, 0.29) is 0 Å². The quantitative estimate of drug-likeness (QED) is 0.159. The molecule has 304 valence electrons. The van der Waals surface area contributed by atoms with Gasteiger partial charge in [0, 0.05) is 27.6 Å². The highest BCUT2D eigenvalue weighted by Crippen LogP contribution is 2.58. The largest absolute Gasteiger partial charge is 0.453 e. The van der Waals surface area contributed by atoms with E-state index in [1.54, 1.807) is 0 Å². The van der Waals surface area contributed by atoms with Crippen molar-refractivity contribution in [1.29, 1.82) is 0 Å². The molecule has 1 heterocycles. The van der Waals surface area contributed by atoms with E-state index in [1.807, 2.05) is 0 Å². The summed E-state index contributed by atoms with van der Waals surface area (Å²) < 4.78 is 7.44. The Morgan fingerprint density at radius 2 is 0.923 bits per heavy atom. The summed E-state index contributed by atoms with van der Waals surface area (Å²) in [5.74, 6) is 0. The highest BCUT2D eigenvalue weighted by Gasteiger charge is 2.46. The van der Waals surface area contributed by atoms with Crippen LogP contribution >= 0.6 is 0 Å². The van der Waals surface area contributed by atoms with Gasteiger partial charge in [0.2, 0.25) is 0 Å². The van der Waals surface area contributed by atoms with Crippen molar-refractivity contribution < 1.29 is 4.42 Å². The highest BCUT2D eigenvalue weighted by atomic mass is 16.3. The smallest absolute Gasteiger partial charge is 0.159 e. The van der Waals surface area contributed by atoms with Gasteiger partial charge in [-0.3, -0.25) is 0 Å². The van der Waals surface area contributed by atoms with Gasteiger partial charge in [-0.1, -0.05) is 212 Å². The van der Waals surface area contributed by atoms with Gasteiger partial charge >= 0.3 is 0 Å². The van der Waals surface area contributed by atoms with Crippen LogP contribution in [0.4, 0.5) is 17.1 Å². The number of rotatable bonds is 7. The summed E-state index contributed by atoms with van der Waals surface area (Å²) in [6.45, 7) is 0. The number of hydrogen-bond donors (Lipinski definition) is 0. The Labute approximate surface area is 377 Å². The summed E-state index contributed by atoms with van der Waals surface area (Å²) in [5.41, 5.74) is 16.2. The molecule has 0 N–H and O–H groups in total. The molecule has 0 unspecified atom stereocenters. The minimum atomic E-state index is -0.560. The molecule has 0 saturated carbocycles. The van der Waals surface area contributed by atoms with Gasteiger partial charge in [0.25, 0.3) is 0 Å². The zero-order chi connectivity index (χ0) is 42.9. The van der Waals surface area contributed by atoms with Gasteiger partial charge in [-0.15, -0.1) is 0 Å². The number of para-hydroxylation sites is 2. The van der Waals surface area contributed by atoms with Crippen molar-refractivity contribution in [3.8, 4) is 33.4 Å². The molecule has 2 nitrogen and oxygen atoms in total. The number of fused-ring (bicyclic) bond motifs is 8. The van der Waals surface area contributed by atoms with Crippen LogP contribution in [0, 0.1) is 0 Å². The van der Waals surface area contributed by atoms with Crippen molar-refractivity contribution in [3.05, 3.63) is 271 Å². The highest BCUT2D eigenvalue weighted by molar-refractivity contribution is 6.20. The van der Waals surface area contributed by atoms with E-state index in [0.717, 1.165) is 61.3 Å². The number of benzene rings is 11. The Kier molecular flexibility index (Phi) is 8.47. The maximum atomic E-state index is 7.44. The zero-order valence-corrected chi connectivity index (χ0v) is 35.5. The van der Waals surface area contributed by atoms with Crippen molar-refractivity contribution in [2.75, 3.05) is 4.90 Å². The lowest BCUT2D eigenvalue weighted by atomic mass is 9.67. The molecule has 1 aromatic heterocycles. The van der Waals surface area contributed by atoms with Crippen molar-refractivity contribution in [2.24, 2.45) is 0 Å². The lowest BCUT2D eigenvalue weighted by molar-refractivity contribution is 0.670. The molecular weight excluding hydrogens is 787 g/mol. The molecule has 0 amide bonds. The van der Waals surface area contributed by atoms with Gasteiger partial charge in [-0.05, 0) is 102 Å². The van der Waals surface area contributed by atoms with Crippen LogP contribution in [0.3, 0.4) is 0 Å². The molecule has 2 heteroatoms. The molecule has 0 spiro atoms. The van der Waals surface area contributed by atoms with E-state index in [1.165, 1.54) is 54.9 Å². The summed E-state index contributed by atoms with van der Waals surface area (Å²) in [6, 6.07) is 90.7. The van der Waals surface area contributed by atoms with Crippen molar-refractivity contribution in [3.63, 3.8) is 0 Å². The van der Waals surface area contributed by atoms with Gasteiger partial charge in [-0.2, -0.15) is 0 Å². The van der Waals surface area contributed by atoms with Gasteiger partial charge in [0.1, 0.15) is 5.58 Å². The summed E-state index contributed by atoms with van der Waals surface area (Å²) in [5, 5.41) is 6.93. The van der Waals surface area contributed by atoms with Crippen LogP contribution in [0.15, 0.2) is 253 Å². The van der Waals surface area contributed by atoms with Crippen LogP contribution in [0.2, 0.25) is 0 Å². The van der Waals surface area contributed by atoms with Crippen LogP contribution < -0.4 is 4.90 Å². The molecular formula is C63H41NO. The predicted molar refractivity (Wildman–Crippen MR) is 272 cm³/mol. The molecule has 13 rings (SSSR count). The van der Waals surface area contributed by atoms with Crippen molar-refractivity contribution >= 4 is 60.5 Å². The summed E-state index contributed by atoms with van der Waals surface area (Å²) in [6.07, 6.45) is 0. The first-order chi connectivity index (χ1) is 32.3. The Morgan fingerprint density at radius 1 is 0.323 bits per heavy atom. The van der Waals surface area contributed by atoms with Crippen LogP contribution in [-0.2, 0) is 5.41 Å². The monoisotopic (exact) mass is 827 g/mol. The second-order valence-electron chi connectivity index (χ2n) is 17.1. The fraction of sp³-hybridized carbons (Fsp3) is 0.0159. The second-order valence-corrected chi connectivity index (χ2v) is 17.1. The predicted octanol–water partition coefficient (Wildman–Crippen LogP) is 17.1. The molecule has 0 aliphatic heterocycles. The third-order valence-corrected chi connectivity index (χ3v) is 13.7. The number of nitrogens with zero attached hydrogens (tertiary/aromatic N) is 1. The molecule has 1 aliphatic carbocycles. The first-order valence-electron chi connectivity index (χ1n) is 22.4. The maximum absolute atomic E-state index is 7.44. The maximum Gasteiger partial charge on any atom is 0.159 e. The van der Waals surface area contributed by atoms with E-state index in [2.05, 4.69) is 254 Å². The van der Waals surface area contributed by atoms with Gasteiger partial charge < -0.3 is 9.32 Å². The lowest BCUT2D eigenvalue weighted by Crippen LogP contribution is -2.28. The van der Waals surface area contributed by atoms with Crippen LogP contribution in [-0.4, -0.2) is 0 Å². The molecule has 1 aliphatic rings. The number of anilines is 3. The Balaban J connectivity index is 1.12. The van der Waals surface area contributed by atoms with Gasteiger partial charge in [0.05, 0.1) is 16.8 Å². The molecule has 0 saturated heterocycles. The second kappa shape index (κ2) is 14.8. The minimum absolute atomic E-state index is 0.560. The summed E-state index contributed by atoms with van der Waals surface area (Å²) in [7, 11) is 0. The summed E-state index contributed by atoms with van der Waals surface area (Å²) in [4.78, 5) is 2.44. The van der Waals surface area contributed by atoms with Crippen LogP contribution in [0.5, 0.6) is 0 Å². The van der Waals surface area contributed by atoms with Crippen LogP contribution in [0.1, 0.15) is 22.3 Å². The van der Waals surface area contributed by atoms with E-state index >= 15 is 0 Å². The van der Waals surface area contributed by atoms with Crippen LogP contribution in [0.25, 0.3) is 76.9 Å². The van der Waals surface area contributed by atoms with Crippen molar-refractivity contribution in [1.82, 2.24) is 0 Å². The number of furan rings is 1. The topological polar surface area (TPSA) is 16.4 Å². The van der Waals surface area contributed by atoms with E-state index in [0.29, 0.717) is 0 Å². The Morgan fingerprint density at radius 3 is 1.71 bits per heavy atom. The van der Waals surface area contributed by atoms with E-state index < -0.39 is 5.41 Å². The molecule has 0 fully saturated rings. The Hall–Kier alpha value is -8.46. The lowest BCUT2D eigenvalue weighted by Gasteiger charge is -2.35. The minimum Gasteiger partial charge on any atom is -0.453 e. The Bertz CT molecular complexity index is 3730. The molecule has 65 heavy (non-hydrogen) atoms. The average molecular weight is 828 g/mol. The average Bonchev–Trinajstić information content (AvgIpc) is 3.90. The zero-order valence-electron chi connectivity index (χ0n) is 35.5. The van der Waals surface area contributed by atoms with Gasteiger partial charge in [0.15, 0.2) is 5.58 Å². The standard InChI is InChI=1S/C63H41NO/c1-4-20-43(21-5-1)50-28-15-17-33-58(50)64(49-37-38-53-52-30-14-16-32-56(52)63(57(53)41-49,47-24-6-2-7-25-47)48-26-8-3-9-27-48)59-34-18-31-54-55-40-45-23-12-13-29-51(45)60(62(55)65-61(54)59)46-36-35-42-19-10-11-22-44(42)39-46/h1-41H. The molecule has 11 aromatic carbocycles. The SMILES string of the molecule is c1ccc(-c2ccccc2N(c2ccc3c(c2)C(c2ccccc2)(c2ccccc2)c2ccccc2-3)c2cccc3c2oc2c(-c4ccc5ccccc5c4)c4ccccc4cc23)cc1. The molecule has 0 bridgehead atoms. The first kappa shape index (κ1) is 37.1. The fourth-order valence-corrected chi connectivity index (χ4v) is 10.9. The third-order valence-electron chi connectivity index (χ3n) is 13.7. The number of hydrogen-bond acceptors (Lipinski definition) is 2. The third kappa shape index (κ3) is 5.67. The normalized spacial score (nSPS) is 12.7. The molecule has 0 atom stereocenters. The molecule has 0 radical (unpaired) electrons.